The summed E-state index contributed by atoms with van der Waals surface area (Å²) in [6.45, 7) is 10.2. The summed E-state index contributed by atoms with van der Waals surface area (Å²) in [7, 11) is 1.71. The van der Waals surface area contributed by atoms with Gasteiger partial charge in [-0.25, -0.2) is 0 Å². The van der Waals surface area contributed by atoms with Crippen LogP contribution in [0.25, 0.3) is 0 Å². The lowest BCUT2D eigenvalue weighted by Crippen LogP contribution is -1.95. The van der Waals surface area contributed by atoms with E-state index in [-0.39, 0.29) is 0 Å². The zero-order valence-corrected chi connectivity index (χ0v) is 9.48. The van der Waals surface area contributed by atoms with Crippen LogP contribution in [0.4, 0.5) is 0 Å². The van der Waals surface area contributed by atoms with Gasteiger partial charge in [-0.3, -0.25) is 0 Å². The number of ether oxygens (including phenoxy) is 1. The highest BCUT2D eigenvalue weighted by Crippen LogP contribution is 2.23. The summed E-state index contributed by atoms with van der Waals surface area (Å²) in [6, 6.07) is 4.27. The topological polar surface area (TPSA) is 9.23 Å². The SMILES string of the molecule is C=C(C)Cc1cc(C)c(OC)cc1C. The zero-order valence-electron chi connectivity index (χ0n) is 9.48. The first-order valence-electron chi connectivity index (χ1n) is 4.83. The molecule has 0 amide bonds. The molecule has 1 nitrogen and oxygen atoms in total. The van der Waals surface area contributed by atoms with Crippen molar-refractivity contribution in [3.63, 3.8) is 0 Å². The van der Waals surface area contributed by atoms with Crippen LogP contribution in [0.5, 0.6) is 5.75 Å². The van der Waals surface area contributed by atoms with Crippen molar-refractivity contribution in [2.75, 3.05) is 7.11 Å². The van der Waals surface area contributed by atoms with Crippen molar-refractivity contribution in [1.29, 1.82) is 0 Å². The molecule has 0 radical (unpaired) electrons. The lowest BCUT2D eigenvalue weighted by atomic mass is 9.99. The zero-order chi connectivity index (χ0) is 10.7. The summed E-state index contributed by atoms with van der Waals surface area (Å²) >= 11 is 0. The third-order valence-electron chi connectivity index (χ3n) is 2.35. The van der Waals surface area contributed by atoms with E-state index >= 15 is 0 Å². The van der Waals surface area contributed by atoms with E-state index in [9.17, 15) is 0 Å². The number of aryl methyl sites for hydroxylation is 2. The smallest absolute Gasteiger partial charge is 0.122 e. The van der Waals surface area contributed by atoms with Gasteiger partial charge in [-0.1, -0.05) is 18.2 Å². The fraction of sp³-hybridized carbons (Fsp3) is 0.385. The third-order valence-corrected chi connectivity index (χ3v) is 2.35. The Hall–Kier alpha value is -1.24. The van der Waals surface area contributed by atoms with Gasteiger partial charge in [0.1, 0.15) is 5.75 Å². The largest absolute Gasteiger partial charge is 0.496 e. The van der Waals surface area contributed by atoms with Crippen LogP contribution in [0.3, 0.4) is 0 Å². The minimum absolute atomic E-state index is 0.955. The Bertz CT molecular complexity index is 350. The van der Waals surface area contributed by atoms with Gasteiger partial charge < -0.3 is 4.74 Å². The van der Waals surface area contributed by atoms with Gasteiger partial charge in [-0.15, -0.1) is 0 Å². The minimum atomic E-state index is 0.955. The average molecular weight is 190 g/mol. The highest BCUT2D eigenvalue weighted by molar-refractivity contribution is 5.42. The fourth-order valence-electron chi connectivity index (χ4n) is 1.58. The molecule has 0 N–H and O–H groups in total. The average Bonchev–Trinajstić information content (AvgIpc) is 2.10. The second-order valence-corrected chi connectivity index (χ2v) is 3.88. The van der Waals surface area contributed by atoms with E-state index in [1.165, 1.54) is 22.3 Å². The molecule has 0 saturated heterocycles. The molecule has 0 heterocycles. The maximum Gasteiger partial charge on any atom is 0.122 e. The quantitative estimate of drug-likeness (QED) is 0.663. The van der Waals surface area contributed by atoms with Gasteiger partial charge in [0.15, 0.2) is 0 Å². The molecule has 1 aromatic carbocycles. The number of hydrogen-bond acceptors (Lipinski definition) is 1. The van der Waals surface area contributed by atoms with Crippen LogP contribution in [-0.4, -0.2) is 7.11 Å². The predicted octanol–water partition coefficient (Wildman–Crippen LogP) is 3.43. The Morgan fingerprint density at radius 2 is 1.93 bits per heavy atom. The first-order valence-corrected chi connectivity index (χ1v) is 4.83. The second kappa shape index (κ2) is 4.32. The van der Waals surface area contributed by atoms with Crippen LogP contribution in [0.1, 0.15) is 23.6 Å². The molecule has 1 aromatic rings. The van der Waals surface area contributed by atoms with Crippen molar-refractivity contribution in [1.82, 2.24) is 0 Å². The van der Waals surface area contributed by atoms with Gasteiger partial charge in [0, 0.05) is 0 Å². The number of methoxy groups -OCH3 is 1. The van der Waals surface area contributed by atoms with E-state index in [0.717, 1.165) is 12.2 Å². The van der Waals surface area contributed by atoms with E-state index in [4.69, 9.17) is 4.74 Å². The van der Waals surface area contributed by atoms with Crippen molar-refractivity contribution >= 4 is 0 Å². The van der Waals surface area contributed by atoms with Crippen LogP contribution < -0.4 is 4.74 Å². The minimum Gasteiger partial charge on any atom is -0.496 e. The Balaban J connectivity index is 3.08. The molecule has 1 rings (SSSR count). The summed E-state index contributed by atoms with van der Waals surface area (Å²) in [6.07, 6.45) is 0.955. The van der Waals surface area contributed by atoms with Gasteiger partial charge in [0.2, 0.25) is 0 Å². The molecule has 0 atom stereocenters. The Morgan fingerprint density at radius 3 is 2.43 bits per heavy atom. The molecule has 0 aromatic heterocycles. The van der Waals surface area contributed by atoms with E-state index in [1.807, 2.05) is 0 Å². The molecule has 1 heteroatoms. The fourth-order valence-corrected chi connectivity index (χ4v) is 1.58. The van der Waals surface area contributed by atoms with Crippen molar-refractivity contribution in [3.8, 4) is 5.75 Å². The van der Waals surface area contributed by atoms with Crippen molar-refractivity contribution < 1.29 is 4.74 Å². The van der Waals surface area contributed by atoms with Gasteiger partial charge in [0.25, 0.3) is 0 Å². The summed E-state index contributed by atoms with van der Waals surface area (Å²) in [5.41, 5.74) is 5.00. The molecular weight excluding hydrogens is 172 g/mol. The molecule has 76 valence electrons. The third kappa shape index (κ3) is 2.38. The van der Waals surface area contributed by atoms with E-state index in [0.29, 0.717) is 0 Å². The van der Waals surface area contributed by atoms with E-state index < -0.39 is 0 Å². The van der Waals surface area contributed by atoms with Crippen LogP contribution in [0, 0.1) is 13.8 Å². The number of rotatable bonds is 3. The second-order valence-electron chi connectivity index (χ2n) is 3.88. The lowest BCUT2D eigenvalue weighted by Gasteiger charge is -2.11. The molecule has 0 bridgehead atoms. The van der Waals surface area contributed by atoms with Crippen LogP contribution in [-0.2, 0) is 6.42 Å². The van der Waals surface area contributed by atoms with Gasteiger partial charge in [0.05, 0.1) is 7.11 Å². The molecule has 0 saturated carbocycles. The summed E-state index contributed by atoms with van der Waals surface area (Å²) < 4.78 is 5.26. The van der Waals surface area contributed by atoms with Gasteiger partial charge >= 0.3 is 0 Å². The van der Waals surface area contributed by atoms with Crippen molar-refractivity contribution in [2.45, 2.75) is 27.2 Å². The highest BCUT2D eigenvalue weighted by atomic mass is 16.5. The molecule has 0 aliphatic heterocycles. The molecule has 0 aliphatic rings. The highest BCUT2D eigenvalue weighted by Gasteiger charge is 2.04. The van der Waals surface area contributed by atoms with Crippen LogP contribution >= 0.6 is 0 Å². The lowest BCUT2D eigenvalue weighted by molar-refractivity contribution is 0.411. The molecule has 0 unspecified atom stereocenters. The molecular formula is C13H18O. The van der Waals surface area contributed by atoms with Crippen molar-refractivity contribution in [3.05, 3.63) is 41.0 Å². The summed E-state index contributed by atoms with van der Waals surface area (Å²) in [5.74, 6) is 0.966. The number of allylic oxidation sites excluding steroid dienone is 1. The van der Waals surface area contributed by atoms with Crippen molar-refractivity contribution in [2.24, 2.45) is 0 Å². The Morgan fingerprint density at radius 1 is 1.29 bits per heavy atom. The standard InChI is InChI=1S/C13H18O/c1-9(2)6-12-7-11(4)13(14-5)8-10(12)3/h7-8H,1,6H2,2-5H3. The molecule has 0 fully saturated rings. The first-order chi connectivity index (χ1) is 6.54. The van der Waals surface area contributed by atoms with Crippen LogP contribution in [0.2, 0.25) is 0 Å². The predicted molar refractivity (Wildman–Crippen MR) is 61.0 cm³/mol. The Labute approximate surface area is 86.4 Å². The first kappa shape index (κ1) is 10.8. The van der Waals surface area contributed by atoms with Crippen LogP contribution in [0.15, 0.2) is 24.3 Å². The monoisotopic (exact) mass is 190 g/mol. The molecule has 0 spiro atoms. The molecule has 14 heavy (non-hydrogen) atoms. The maximum atomic E-state index is 5.26. The summed E-state index contributed by atoms with van der Waals surface area (Å²) in [5, 5.41) is 0. The normalized spacial score (nSPS) is 10.0. The van der Waals surface area contributed by atoms with Gasteiger partial charge in [-0.05, 0) is 49.9 Å². The summed E-state index contributed by atoms with van der Waals surface area (Å²) in [4.78, 5) is 0. The van der Waals surface area contributed by atoms with E-state index in [1.54, 1.807) is 7.11 Å². The molecule has 0 aliphatic carbocycles. The number of benzene rings is 1. The maximum absolute atomic E-state index is 5.26. The number of hydrogen-bond donors (Lipinski definition) is 0. The Kier molecular flexibility index (Phi) is 3.34. The van der Waals surface area contributed by atoms with Gasteiger partial charge in [-0.2, -0.15) is 0 Å². The van der Waals surface area contributed by atoms with E-state index in [2.05, 4.69) is 39.5 Å².